The number of carbonyl (C=O) groups is 1. The molecule has 1 amide bonds. The lowest BCUT2D eigenvalue weighted by atomic mass is 10.1. The molecular weight excluding hydrogens is 468 g/mol. The van der Waals surface area contributed by atoms with Crippen LogP contribution < -0.4 is 14.8 Å². The first-order valence-corrected chi connectivity index (χ1v) is 11.3. The van der Waals surface area contributed by atoms with E-state index >= 15 is 0 Å². The van der Waals surface area contributed by atoms with Crippen molar-refractivity contribution in [3.63, 3.8) is 0 Å². The number of halogens is 1. The van der Waals surface area contributed by atoms with Gasteiger partial charge < -0.3 is 10.1 Å². The fraction of sp³-hybridized carbons (Fsp3) is 0.136. The van der Waals surface area contributed by atoms with Crippen LogP contribution in [0.2, 0.25) is 0 Å². The highest BCUT2D eigenvalue weighted by Crippen LogP contribution is 2.26. The van der Waals surface area contributed by atoms with Gasteiger partial charge in [0, 0.05) is 16.9 Å². The number of hydrogen-bond acceptors (Lipinski definition) is 4. The summed E-state index contributed by atoms with van der Waals surface area (Å²) in [6, 6.07) is 16.5. The third kappa shape index (κ3) is 5.20. The Morgan fingerprint density at radius 1 is 0.900 bits per heavy atom. The van der Waals surface area contributed by atoms with Crippen molar-refractivity contribution in [2.75, 3.05) is 17.1 Å². The Balaban J connectivity index is 1.73. The lowest BCUT2D eigenvalue weighted by Gasteiger charge is -2.11. The maximum Gasteiger partial charge on any atom is 0.261 e. The normalized spacial score (nSPS) is 11.1. The van der Waals surface area contributed by atoms with Gasteiger partial charge in [0.25, 0.3) is 15.9 Å². The molecule has 0 aliphatic carbocycles. The second kappa shape index (κ2) is 8.89. The maximum absolute atomic E-state index is 12.7. The van der Waals surface area contributed by atoms with Crippen LogP contribution in [0, 0.1) is 13.8 Å². The molecule has 3 rings (SSSR count). The number of anilines is 2. The van der Waals surface area contributed by atoms with Gasteiger partial charge in [0.2, 0.25) is 0 Å². The van der Waals surface area contributed by atoms with E-state index in [1.165, 1.54) is 12.1 Å². The van der Waals surface area contributed by atoms with Crippen molar-refractivity contribution < 1.29 is 17.9 Å². The molecule has 0 aromatic heterocycles. The molecule has 3 aromatic carbocycles. The number of ether oxygens (including phenoxy) is 1. The van der Waals surface area contributed by atoms with Crippen LogP contribution in [0.25, 0.3) is 0 Å². The van der Waals surface area contributed by atoms with Crippen LogP contribution in [-0.2, 0) is 10.0 Å². The summed E-state index contributed by atoms with van der Waals surface area (Å²) >= 11 is 3.35. The van der Waals surface area contributed by atoms with Gasteiger partial charge in [-0.1, -0.05) is 6.07 Å². The van der Waals surface area contributed by atoms with Crippen LogP contribution in [0.15, 0.2) is 70.0 Å². The molecule has 156 valence electrons. The van der Waals surface area contributed by atoms with Crippen molar-refractivity contribution in [3.8, 4) is 5.75 Å². The van der Waals surface area contributed by atoms with E-state index in [0.29, 0.717) is 27.2 Å². The second-order valence-corrected chi connectivity index (χ2v) is 9.35. The van der Waals surface area contributed by atoms with Gasteiger partial charge in [0.1, 0.15) is 5.75 Å². The van der Waals surface area contributed by atoms with E-state index in [-0.39, 0.29) is 10.8 Å². The lowest BCUT2D eigenvalue weighted by Crippen LogP contribution is -2.14. The third-order valence-electron chi connectivity index (χ3n) is 4.31. The Morgan fingerprint density at radius 3 is 2.10 bits per heavy atom. The van der Waals surface area contributed by atoms with Crippen molar-refractivity contribution >= 4 is 43.2 Å². The summed E-state index contributed by atoms with van der Waals surface area (Å²) in [6.07, 6.45) is 0. The molecule has 0 atom stereocenters. The molecule has 6 nitrogen and oxygen atoms in total. The number of methoxy groups -OCH3 is 1. The van der Waals surface area contributed by atoms with Crippen LogP contribution in [0.5, 0.6) is 5.75 Å². The molecule has 0 heterocycles. The molecule has 0 aliphatic heterocycles. The van der Waals surface area contributed by atoms with Gasteiger partial charge in [-0.2, -0.15) is 0 Å². The fourth-order valence-electron chi connectivity index (χ4n) is 2.98. The van der Waals surface area contributed by atoms with E-state index in [2.05, 4.69) is 26.0 Å². The maximum atomic E-state index is 12.7. The van der Waals surface area contributed by atoms with Crippen LogP contribution in [0.4, 0.5) is 11.4 Å². The Bertz CT molecular complexity index is 1170. The Hall–Kier alpha value is -2.84. The average molecular weight is 489 g/mol. The first kappa shape index (κ1) is 21.9. The van der Waals surface area contributed by atoms with Crippen molar-refractivity contribution in [2.24, 2.45) is 0 Å². The predicted octanol–water partition coefficient (Wildman–Crippen LogP) is 5.13. The average Bonchev–Trinajstić information content (AvgIpc) is 2.67. The van der Waals surface area contributed by atoms with Crippen molar-refractivity contribution in [2.45, 2.75) is 18.7 Å². The van der Waals surface area contributed by atoms with Crippen LogP contribution in [0.1, 0.15) is 21.5 Å². The quantitative estimate of drug-likeness (QED) is 0.503. The largest absolute Gasteiger partial charge is 0.496 e. The van der Waals surface area contributed by atoms with E-state index in [0.717, 1.165) is 11.1 Å². The molecule has 0 aliphatic rings. The monoisotopic (exact) mass is 488 g/mol. The fourth-order valence-corrected chi connectivity index (χ4v) is 4.56. The highest BCUT2D eigenvalue weighted by Gasteiger charge is 2.15. The van der Waals surface area contributed by atoms with E-state index in [9.17, 15) is 13.2 Å². The lowest BCUT2D eigenvalue weighted by molar-refractivity contribution is 0.102. The van der Waals surface area contributed by atoms with Crippen molar-refractivity contribution in [1.82, 2.24) is 0 Å². The van der Waals surface area contributed by atoms with Gasteiger partial charge >= 0.3 is 0 Å². The molecule has 30 heavy (non-hydrogen) atoms. The molecule has 0 bridgehead atoms. The number of aryl methyl sites for hydroxylation is 2. The minimum atomic E-state index is -3.74. The molecular formula is C22H21BrN2O4S. The Kier molecular flexibility index (Phi) is 6.48. The first-order valence-electron chi connectivity index (χ1n) is 9.04. The summed E-state index contributed by atoms with van der Waals surface area (Å²) in [6.45, 7) is 3.81. The Labute approximate surface area is 184 Å². The van der Waals surface area contributed by atoms with Gasteiger partial charge in [0.15, 0.2) is 0 Å². The minimum absolute atomic E-state index is 0.104. The first-order chi connectivity index (χ1) is 14.2. The zero-order valence-corrected chi connectivity index (χ0v) is 19.1. The number of nitrogens with one attached hydrogen (secondary N) is 2. The summed E-state index contributed by atoms with van der Waals surface area (Å²) < 4.78 is 33.7. The number of rotatable bonds is 6. The zero-order valence-electron chi connectivity index (χ0n) is 16.7. The number of amides is 1. The van der Waals surface area contributed by atoms with E-state index in [1.54, 1.807) is 49.6 Å². The Morgan fingerprint density at radius 2 is 1.53 bits per heavy atom. The zero-order chi connectivity index (χ0) is 21.9. The van der Waals surface area contributed by atoms with E-state index < -0.39 is 10.0 Å². The molecule has 2 N–H and O–H groups in total. The molecule has 0 spiro atoms. The van der Waals surface area contributed by atoms with Gasteiger partial charge in [-0.25, -0.2) is 8.42 Å². The van der Waals surface area contributed by atoms with Crippen LogP contribution >= 0.6 is 15.9 Å². The summed E-state index contributed by atoms with van der Waals surface area (Å²) in [4.78, 5) is 12.6. The molecule has 0 unspecified atom stereocenters. The van der Waals surface area contributed by atoms with Gasteiger partial charge in [0.05, 0.1) is 16.5 Å². The predicted molar refractivity (Wildman–Crippen MR) is 122 cm³/mol. The third-order valence-corrected chi connectivity index (χ3v) is 6.33. The topological polar surface area (TPSA) is 84.5 Å². The second-order valence-electron chi connectivity index (χ2n) is 6.81. The number of carbonyl (C=O) groups excluding carboxylic acids is 1. The van der Waals surface area contributed by atoms with Crippen molar-refractivity contribution in [1.29, 1.82) is 0 Å². The summed E-state index contributed by atoms with van der Waals surface area (Å²) in [5.74, 6) is 0.305. The van der Waals surface area contributed by atoms with Crippen LogP contribution in [0.3, 0.4) is 0 Å². The van der Waals surface area contributed by atoms with Crippen LogP contribution in [-0.4, -0.2) is 21.4 Å². The van der Waals surface area contributed by atoms with Gasteiger partial charge in [-0.3, -0.25) is 9.52 Å². The molecule has 8 heteroatoms. The number of hydrogen-bond donors (Lipinski definition) is 2. The molecule has 0 radical (unpaired) electrons. The van der Waals surface area contributed by atoms with Gasteiger partial charge in [-0.05, 0) is 95.5 Å². The van der Waals surface area contributed by atoms with Gasteiger partial charge in [-0.15, -0.1) is 0 Å². The molecule has 0 fully saturated rings. The molecule has 0 saturated carbocycles. The van der Waals surface area contributed by atoms with Crippen molar-refractivity contribution in [3.05, 3.63) is 81.8 Å². The minimum Gasteiger partial charge on any atom is -0.496 e. The SMILES string of the molecule is COc1ccc(C(=O)Nc2ccc(S(=O)(=O)Nc3cc(C)cc(C)c3)cc2)cc1Br. The molecule has 0 saturated heterocycles. The van der Waals surface area contributed by atoms with E-state index in [1.807, 2.05) is 19.9 Å². The smallest absolute Gasteiger partial charge is 0.261 e. The molecule has 3 aromatic rings. The highest BCUT2D eigenvalue weighted by atomic mass is 79.9. The number of benzene rings is 3. The summed E-state index contributed by atoms with van der Waals surface area (Å²) in [5, 5.41) is 2.75. The highest BCUT2D eigenvalue weighted by molar-refractivity contribution is 9.10. The number of sulfonamides is 1. The standard InChI is InChI=1S/C22H21BrN2O4S/c1-14-10-15(2)12-18(11-14)25-30(27,28)19-7-5-17(6-8-19)24-22(26)16-4-9-21(29-3)20(23)13-16/h4-13,25H,1-3H3,(H,24,26). The summed E-state index contributed by atoms with van der Waals surface area (Å²) in [5.41, 5.74) is 3.37. The van der Waals surface area contributed by atoms with E-state index in [4.69, 9.17) is 4.74 Å². The summed E-state index contributed by atoms with van der Waals surface area (Å²) in [7, 11) is -2.19.